The number of aromatic amines is 1. The van der Waals surface area contributed by atoms with Crippen LogP contribution in [0.4, 0.5) is 0 Å². The molecule has 1 atom stereocenters. The predicted molar refractivity (Wildman–Crippen MR) is 67.4 cm³/mol. The lowest BCUT2D eigenvalue weighted by atomic mass is 9.97. The van der Waals surface area contributed by atoms with Crippen molar-refractivity contribution in [2.45, 2.75) is 25.8 Å². The highest BCUT2D eigenvalue weighted by atomic mass is 15.1. The zero-order chi connectivity index (χ0) is 11.4. The van der Waals surface area contributed by atoms with Gasteiger partial charge in [-0.15, -0.1) is 0 Å². The quantitative estimate of drug-likeness (QED) is 0.815. The first-order valence-corrected chi connectivity index (χ1v) is 6.31. The molecule has 0 spiro atoms. The second-order valence-electron chi connectivity index (χ2n) is 4.93. The van der Waals surface area contributed by atoms with Crippen molar-refractivity contribution < 1.29 is 0 Å². The van der Waals surface area contributed by atoms with Crippen LogP contribution in [-0.4, -0.2) is 36.6 Å². The average molecular weight is 221 g/mol. The lowest BCUT2D eigenvalue weighted by Gasteiger charge is -2.30. The molecule has 1 aromatic heterocycles. The Morgan fingerprint density at radius 3 is 2.81 bits per heavy atom. The molecule has 0 amide bonds. The SMILES string of the molecule is C[C@H](c1ccc[nH]1)N(C)CC1CCNCC1. The monoisotopic (exact) mass is 221 g/mol. The lowest BCUT2D eigenvalue weighted by molar-refractivity contribution is 0.194. The van der Waals surface area contributed by atoms with E-state index in [1.165, 1.54) is 38.2 Å². The van der Waals surface area contributed by atoms with Crippen LogP contribution in [0.1, 0.15) is 31.5 Å². The van der Waals surface area contributed by atoms with Crippen molar-refractivity contribution in [3.8, 4) is 0 Å². The smallest absolute Gasteiger partial charge is 0.0467 e. The fourth-order valence-corrected chi connectivity index (χ4v) is 2.47. The maximum atomic E-state index is 3.42. The summed E-state index contributed by atoms with van der Waals surface area (Å²) >= 11 is 0. The molecule has 0 aromatic carbocycles. The van der Waals surface area contributed by atoms with Gasteiger partial charge in [-0.25, -0.2) is 0 Å². The molecule has 0 aliphatic carbocycles. The van der Waals surface area contributed by atoms with E-state index in [1.807, 2.05) is 6.20 Å². The van der Waals surface area contributed by atoms with Gasteiger partial charge in [0, 0.05) is 24.5 Å². The Labute approximate surface area is 98.2 Å². The third kappa shape index (κ3) is 2.86. The van der Waals surface area contributed by atoms with E-state index in [0.29, 0.717) is 6.04 Å². The number of hydrogen-bond acceptors (Lipinski definition) is 2. The zero-order valence-electron chi connectivity index (χ0n) is 10.4. The predicted octanol–water partition coefficient (Wildman–Crippen LogP) is 2.01. The van der Waals surface area contributed by atoms with Gasteiger partial charge < -0.3 is 10.3 Å². The van der Waals surface area contributed by atoms with E-state index in [2.05, 4.69) is 41.3 Å². The minimum absolute atomic E-state index is 0.491. The second kappa shape index (κ2) is 5.51. The van der Waals surface area contributed by atoms with Crippen molar-refractivity contribution in [3.05, 3.63) is 24.0 Å². The fourth-order valence-electron chi connectivity index (χ4n) is 2.47. The van der Waals surface area contributed by atoms with E-state index in [4.69, 9.17) is 0 Å². The zero-order valence-corrected chi connectivity index (χ0v) is 10.4. The molecule has 2 heterocycles. The van der Waals surface area contributed by atoms with Gasteiger partial charge in [-0.05, 0) is 58.0 Å². The highest BCUT2D eigenvalue weighted by Gasteiger charge is 2.18. The van der Waals surface area contributed by atoms with Crippen molar-refractivity contribution in [2.75, 3.05) is 26.7 Å². The van der Waals surface area contributed by atoms with Crippen molar-refractivity contribution >= 4 is 0 Å². The summed E-state index contributed by atoms with van der Waals surface area (Å²) in [6.07, 6.45) is 4.65. The number of aromatic nitrogens is 1. The van der Waals surface area contributed by atoms with E-state index >= 15 is 0 Å². The minimum Gasteiger partial charge on any atom is -0.364 e. The van der Waals surface area contributed by atoms with E-state index in [9.17, 15) is 0 Å². The summed E-state index contributed by atoms with van der Waals surface area (Å²) in [7, 11) is 2.23. The highest BCUT2D eigenvalue weighted by molar-refractivity contribution is 5.08. The Morgan fingerprint density at radius 2 is 2.19 bits per heavy atom. The Hall–Kier alpha value is -0.800. The van der Waals surface area contributed by atoms with Gasteiger partial charge in [0.25, 0.3) is 0 Å². The van der Waals surface area contributed by atoms with Crippen LogP contribution < -0.4 is 5.32 Å². The Morgan fingerprint density at radius 1 is 1.44 bits per heavy atom. The first-order valence-electron chi connectivity index (χ1n) is 6.31. The highest BCUT2D eigenvalue weighted by Crippen LogP contribution is 2.20. The normalized spacial score (nSPS) is 20.2. The van der Waals surface area contributed by atoms with Crippen LogP contribution in [0.5, 0.6) is 0 Å². The number of H-pyrrole nitrogens is 1. The van der Waals surface area contributed by atoms with Gasteiger partial charge in [0.1, 0.15) is 0 Å². The van der Waals surface area contributed by atoms with E-state index in [1.54, 1.807) is 0 Å². The van der Waals surface area contributed by atoms with E-state index < -0.39 is 0 Å². The Kier molecular flexibility index (Phi) is 4.02. The molecular weight excluding hydrogens is 198 g/mol. The molecule has 3 nitrogen and oxygen atoms in total. The molecule has 1 aliphatic rings. The van der Waals surface area contributed by atoms with Gasteiger partial charge in [0.2, 0.25) is 0 Å². The van der Waals surface area contributed by atoms with Crippen LogP contribution in [0.3, 0.4) is 0 Å². The average Bonchev–Trinajstić information content (AvgIpc) is 2.83. The number of nitrogens with zero attached hydrogens (tertiary/aromatic N) is 1. The van der Waals surface area contributed by atoms with Gasteiger partial charge in [0.15, 0.2) is 0 Å². The van der Waals surface area contributed by atoms with Gasteiger partial charge in [-0.1, -0.05) is 0 Å². The molecule has 0 saturated carbocycles. The molecule has 2 rings (SSSR count). The Bertz CT molecular complexity index is 288. The molecular formula is C13H23N3. The number of piperidine rings is 1. The summed E-state index contributed by atoms with van der Waals surface area (Å²) in [6, 6.07) is 4.73. The van der Waals surface area contributed by atoms with Gasteiger partial charge in [-0.2, -0.15) is 0 Å². The molecule has 1 aromatic rings. The van der Waals surface area contributed by atoms with Crippen LogP contribution in [0.2, 0.25) is 0 Å². The van der Waals surface area contributed by atoms with Crippen molar-refractivity contribution in [1.82, 2.24) is 15.2 Å². The number of hydrogen-bond donors (Lipinski definition) is 2. The summed E-state index contributed by atoms with van der Waals surface area (Å²) in [6.45, 7) is 5.86. The first kappa shape index (κ1) is 11.7. The van der Waals surface area contributed by atoms with Gasteiger partial charge in [0.05, 0.1) is 0 Å². The van der Waals surface area contributed by atoms with Crippen LogP contribution >= 0.6 is 0 Å². The van der Waals surface area contributed by atoms with Crippen molar-refractivity contribution in [1.29, 1.82) is 0 Å². The third-order valence-corrected chi connectivity index (χ3v) is 3.74. The molecule has 3 heteroatoms. The summed E-state index contributed by atoms with van der Waals surface area (Å²) in [4.78, 5) is 5.76. The molecule has 2 N–H and O–H groups in total. The maximum absolute atomic E-state index is 3.42. The van der Waals surface area contributed by atoms with Crippen molar-refractivity contribution in [3.63, 3.8) is 0 Å². The van der Waals surface area contributed by atoms with E-state index in [0.717, 1.165) is 5.92 Å². The lowest BCUT2D eigenvalue weighted by Crippen LogP contribution is -2.35. The molecule has 0 unspecified atom stereocenters. The largest absolute Gasteiger partial charge is 0.364 e. The van der Waals surface area contributed by atoms with Crippen LogP contribution in [-0.2, 0) is 0 Å². The summed E-state index contributed by atoms with van der Waals surface area (Å²) in [5, 5.41) is 3.42. The maximum Gasteiger partial charge on any atom is 0.0467 e. The summed E-state index contributed by atoms with van der Waals surface area (Å²) < 4.78 is 0. The van der Waals surface area contributed by atoms with Crippen LogP contribution in [0, 0.1) is 5.92 Å². The summed E-state index contributed by atoms with van der Waals surface area (Å²) in [5.74, 6) is 0.865. The van der Waals surface area contributed by atoms with Gasteiger partial charge >= 0.3 is 0 Å². The van der Waals surface area contributed by atoms with Crippen LogP contribution in [0.25, 0.3) is 0 Å². The van der Waals surface area contributed by atoms with Crippen molar-refractivity contribution in [2.24, 2.45) is 5.92 Å². The minimum atomic E-state index is 0.491. The fraction of sp³-hybridized carbons (Fsp3) is 0.692. The van der Waals surface area contributed by atoms with Gasteiger partial charge in [-0.3, -0.25) is 4.90 Å². The Balaban J connectivity index is 1.84. The molecule has 0 radical (unpaired) electrons. The number of rotatable bonds is 4. The molecule has 1 saturated heterocycles. The molecule has 1 fully saturated rings. The van der Waals surface area contributed by atoms with Crippen LogP contribution in [0.15, 0.2) is 18.3 Å². The third-order valence-electron chi connectivity index (χ3n) is 3.74. The summed E-state index contributed by atoms with van der Waals surface area (Å²) in [5.41, 5.74) is 1.32. The standard InChI is InChI=1S/C13H23N3/c1-11(13-4-3-7-15-13)16(2)10-12-5-8-14-9-6-12/h3-4,7,11-12,14-15H,5-6,8-10H2,1-2H3/t11-/m1/s1. The van der Waals surface area contributed by atoms with E-state index in [-0.39, 0.29) is 0 Å². The number of nitrogens with one attached hydrogen (secondary N) is 2. The molecule has 90 valence electrons. The molecule has 1 aliphatic heterocycles. The topological polar surface area (TPSA) is 31.1 Å². The molecule has 0 bridgehead atoms. The molecule has 16 heavy (non-hydrogen) atoms. The first-order chi connectivity index (χ1) is 7.77. The second-order valence-corrected chi connectivity index (χ2v) is 4.93.